The molecule has 2 atom stereocenters. The van der Waals surface area contributed by atoms with Gasteiger partial charge in [0, 0.05) is 11.1 Å². The Labute approximate surface area is 147 Å². The normalized spacial score (nSPS) is 19.3. The minimum absolute atomic E-state index is 0.0324. The summed E-state index contributed by atoms with van der Waals surface area (Å²) in [5.41, 5.74) is 1.15. The van der Waals surface area contributed by atoms with Crippen LogP contribution in [-0.2, 0) is 11.2 Å². The molecular formula is C19H23ClN2O2. The monoisotopic (exact) mass is 346 g/mol. The van der Waals surface area contributed by atoms with E-state index in [2.05, 4.69) is 16.3 Å². The highest BCUT2D eigenvalue weighted by atomic mass is 35.5. The molecule has 2 aromatic rings. The molecule has 0 bridgehead atoms. The molecule has 0 aliphatic carbocycles. The second-order valence-corrected chi connectivity index (χ2v) is 6.77. The Morgan fingerprint density at radius 1 is 1.38 bits per heavy atom. The van der Waals surface area contributed by atoms with E-state index < -0.39 is 0 Å². The van der Waals surface area contributed by atoms with Gasteiger partial charge in [0.05, 0.1) is 18.8 Å². The van der Waals surface area contributed by atoms with Crippen molar-refractivity contribution in [2.24, 2.45) is 0 Å². The Kier molecular flexibility index (Phi) is 5.59. The van der Waals surface area contributed by atoms with Gasteiger partial charge in [-0.2, -0.15) is 0 Å². The summed E-state index contributed by atoms with van der Waals surface area (Å²) >= 11 is 6.27. The second-order valence-electron chi connectivity index (χ2n) is 6.37. The van der Waals surface area contributed by atoms with E-state index in [1.54, 1.807) is 6.26 Å². The van der Waals surface area contributed by atoms with Crippen LogP contribution in [0.25, 0.3) is 0 Å². The summed E-state index contributed by atoms with van der Waals surface area (Å²) in [5.74, 6) is 0.808. The largest absolute Gasteiger partial charge is 0.467 e. The molecule has 4 nitrogen and oxygen atoms in total. The van der Waals surface area contributed by atoms with Gasteiger partial charge in [-0.1, -0.05) is 29.8 Å². The molecule has 128 valence electrons. The van der Waals surface area contributed by atoms with Crippen molar-refractivity contribution in [3.8, 4) is 0 Å². The maximum absolute atomic E-state index is 12.3. The summed E-state index contributed by atoms with van der Waals surface area (Å²) in [6.07, 6.45) is 4.74. The van der Waals surface area contributed by atoms with E-state index in [-0.39, 0.29) is 11.9 Å². The highest BCUT2D eigenvalue weighted by Crippen LogP contribution is 2.24. The molecule has 1 aromatic carbocycles. The number of halogens is 1. The van der Waals surface area contributed by atoms with Crippen molar-refractivity contribution < 1.29 is 9.21 Å². The minimum atomic E-state index is -0.114. The smallest absolute Gasteiger partial charge is 0.234 e. The lowest BCUT2D eigenvalue weighted by atomic mass is 10.0. The number of nitrogens with zero attached hydrogens (tertiary/aromatic N) is 1. The average molecular weight is 347 g/mol. The van der Waals surface area contributed by atoms with Gasteiger partial charge in [0.2, 0.25) is 5.91 Å². The van der Waals surface area contributed by atoms with Crippen LogP contribution in [0.4, 0.5) is 0 Å². The van der Waals surface area contributed by atoms with Crippen LogP contribution in [-0.4, -0.2) is 29.9 Å². The third-order valence-corrected chi connectivity index (χ3v) is 4.98. The van der Waals surface area contributed by atoms with Crippen molar-refractivity contribution in [1.29, 1.82) is 0 Å². The predicted octanol–water partition coefficient (Wildman–Crippen LogP) is 3.82. The van der Waals surface area contributed by atoms with Gasteiger partial charge >= 0.3 is 0 Å². The number of hydrogen-bond acceptors (Lipinski definition) is 3. The molecule has 1 saturated heterocycles. The van der Waals surface area contributed by atoms with Gasteiger partial charge in [-0.05, 0) is 56.5 Å². The summed E-state index contributed by atoms with van der Waals surface area (Å²) in [4.78, 5) is 14.6. The SMILES string of the molecule is CC(NC(=O)CN1CCCC1Cc1ccccc1Cl)c1ccco1. The van der Waals surface area contributed by atoms with E-state index in [0.717, 1.165) is 42.2 Å². The Bertz CT molecular complexity index is 672. The topological polar surface area (TPSA) is 45.5 Å². The van der Waals surface area contributed by atoms with Gasteiger partial charge < -0.3 is 9.73 Å². The van der Waals surface area contributed by atoms with E-state index in [0.29, 0.717) is 12.6 Å². The zero-order chi connectivity index (χ0) is 16.9. The maximum Gasteiger partial charge on any atom is 0.234 e. The molecule has 3 rings (SSSR count). The Hall–Kier alpha value is -1.78. The molecule has 0 spiro atoms. The van der Waals surface area contributed by atoms with E-state index >= 15 is 0 Å². The summed E-state index contributed by atoms with van der Waals surface area (Å²) in [5, 5.41) is 3.81. The molecule has 1 aromatic heterocycles. The first-order valence-electron chi connectivity index (χ1n) is 8.43. The third kappa shape index (κ3) is 4.19. The Morgan fingerprint density at radius 3 is 2.96 bits per heavy atom. The second kappa shape index (κ2) is 7.86. The Balaban J connectivity index is 1.55. The Morgan fingerprint density at radius 2 is 2.21 bits per heavy atom. The van der Waals surface area contributed by atoms with Crippen LogP contribution < -0.4 is 5.32 Å². The number of furan rings is 1. The van der Waals surface area contributed by atoms with E-state index in [9.17, 15) is 4.79 Å². The number of likely N-dealkylation sites (tertiary alicyclic amines) is 1. The van der Waals surface area contributed by atoms with Crippen LogP contribution in [0.3, 0.4) is 0 Å². The molecule has 2 unspecified atom stereocenters. The lowest BCUT2D eigenvalue weighted by Gasteiger charge is -2.25. The van der Waals surface area contributed by atoms with E-state index in [4.69, 9.17) is 16.0 Å². The molecule has 5 heteroatoms. The number of hydrogen-bond donors (Lipinski definition) is 1. The fourth-order valence-electron chi connectivity index (χ4n) is 3.33. The van der Waals surface area contributed by atoms with Crippen molar-refractivity contribution in [1.82, 2.24) is 10.2 Å². The van der Waals surface area contributed by atoms with Crippen LogP contribution >= 0.6 is 11.6 Å². The molecule has 1 aliphatic rings. The quantitative estimate of drug-likeness (QED) is 0.864. The standard InChI is InChI=1S/C19H23ClN2O2/c1-14(18-9-5-11-24-18)21-19(23)13-22-10-4-7-16(22)12-15-6-2-3-8-17(15)20/h2-3,5-6,8-9,11,14,16H,4,7,10,12-13H2,1H3,(H,21,23). The van der Waals surface area contributed by atoms with E-state index in [1.807, 2.05) is 37.3 Å². The molecule has 1 amide bonds. The lowest BCUT2D eigenvalue weighted by Crippen LogP contribution is -2.41. The van der Waals surface area contributed by atoms with Gasteiger partial charge in [0.25, 0.3) is 0 Å². The first kappa shape index (κ1) is 17.1. The van der Waals surface area contributed by atoms with Gasteiger partial charge in [-0.3, -0.25) is 9.69 Å². The average Bonchev–Trinajstić information content (AvgIpc) is 3.22. The number of carbonyl (C=O) groups excluding carboxylic acids is 1. The predicted molar refractivity (Wildman–Crippen MR) is 95.0 cm³/mol. The summed E-state index contributed by atoms with van der Waals surface area (Å²) in [7, 11) is 0. The molecule has 1 fully saturated rings. The molecular weight excluding hydrogens is 324 g/mol. The number of benzene rings is 1. The number of rotatable bonds is 6. The zero-order valence-electron chi connectivity index (χ0n) is 13.9. The van der Waals surface area contributed by atoms with Gasteiger partial charge in [0.1, 0.15) is 5.76 Å². The zero-order valence-corrected chi connectivity index (χ0v) is 14.6. The van der Waals surface area contributed by atoms with Crippen LogP contribution in [0.5, 0.6) is 0 Å². The van der Waals surface area contributed by atoms with Crippen molar-refractivity contribution in [3.05, 3.63) is 59.0 Å². The van der Waals surface area contributed by atoms with Crippen molar-refractivity contribution >= 4 is 17.5 Å². The number of carbonyl (C=O) groups is 1. The molecule has 2 heterocycles. The molecule has 0 saturated carbocycles. The highest BCUT2D eigenvalue weighted by molar-refractivity contribution is 6.31. The third-order valence-electron chi connectivity index (χ3n) is 4.61. The molecule has 1 N–H and O–H groups in total. The van der Waals surface area contributed by atoms with Gasteiger partial charge in [-0.25, -0.2) is 0 Å². The van der Waals surface area contributed by atoms with Gasteiger partial charge in [-0.15, -0.1) is 0 Å². The summed E-state index contributed by atoms with van der Waals surface area (Å²) in [6.45, 7) is 3.31. The first-order chi connectivity index (χ1) is 11.6. The molecule has 0 radical (unpaired) electrons. The fourth-order valence-corrected chi connectivity index (χ4v) is 3.55. The van der Waals surface area contributed by atoms with Crippen molar-refractivity contribution in [2.45, 2.75) is 38.3 Å². The molecule has 1 aliphatic heterocycles. The van der Waals surface area contributed by atoms with Crippen molar-refractivity contribution in [3.63, 3.8) is 0 Å². The van der Waals surface area contributed by atoms with Gasteiger partial charge in [0.15, 0.2) is 0 Å². The molecule has 24 heavy (non-hydrogen) atoms. The number of nitrogens with one attached hydrogen (secondary N) is 1. The summed E-state index contributed by atoms with van der Waals surface area (Å²) < 4.78 is 5.34. The first-order valence-corrected chi connectivity index (χ1v) is 8.81. The highest BCUT2D eigenvalue weighted by Gasteiger charge is 2.27. The summed E-state index contributed by atoms with van der Waals surface area (Å²) in [6, 6.07) is 11.9. The maximum atomic E-state index is 12.3. The van der Waals surface area contributed by atoms with E-state index in [1.165, 1.54) is 0 Å². The van der Waals surface area contributed by atoms with Crippen LogP contribution in [0.1, 0.15) is 37.1 Å². The fraction of sp³-hybridized carbons (Fsp3) is 0.421. The number of amides is 1. The van der Waals surface area contributed by atoms with Crippen molar-refractivity contribution in [2.75, 3.05) is 13.1 Å². The van der Waals surface area contributed by atoms with Crippen LogP contribution in [0, 0.1) is 0 Å². The van der Waals surface area contributed by atoms with Crippen LogP contribution in [0.15, 0.2) is 47.1 Å². The lowest BCUT2D eigenvalue weighted by molar-refractivity contribution is -0.123. The van der Waals surface area contributed by atoms with Crippen LogP contribution in [0.2, 0.25) is 5.02 Å². The minimum Gasteiger partial charge on any atom is -0.467 e.